The number of amides is 1. The van der Waals surface area contributed by atoms with Crippen molar-refractivity contribution >= 4 is 44.8 Å². The van der Waals surface area contributed by atoms with Crippen molar-refractivity contribution < 1.29 is 13.2 Å². The molecule has 7 nitrogen and oxygen atoms in total. The Balaban J connectivity index is 1.66. The maximum absolute atomic E-state index is 12.4. The molecule has 0 aliphatic carbocycles. The number of halogens is 2. The van der Waals surface area contributed by atoms with Gasteiger partial charge in [0, 0.05) is 29.6 Å². The van der Waals surface area contributed by atoms with Gasteiger partial charge in [-0.2, -0.15) is 0 Å². The van der Waals surface area contributed by atoms with Crippen LogP contribution in [0.3, 0.4) is 0 Å². The second kappa shape index (κ2) is 8.86. The van der Waals surface area contributed by atoms with Crippen LogP contribution in [0, 0.1) is 0 Å². The summed E-state index contributed by atoms with van der Waals surface area (Å²) in [6.45, 7) is -0.137. The Hall–Kier alpha value is -2.55. The summed E-state index contributed by atoms with van der Waals surface area (Å²) in [5.41, 5.74) is 2.01. The Bertz CT molecular complexity index is 1100. The van der Waals surface area contributed by atoms with Crippen LogP contribution in [0.1, 0.15) is 5.56 Å². The number of anilines is 1. The number of benzene rings is 2. The minimum atomic E-state index is -3.73. The highest BCUT2D eigenvalue weighted by Crippen LogP contribution is 2.30. The molecule has 3 rings (SSSR count). The molecule has 0 bridgehead atoms. The zero-order valence-electron chi connectivity index (χ0n) is 15.4. The van der Waals surface area contributed by atoms with Gasteiger partial charge in [-0.3, -0.25) is 9.10 Å². The van der Waals surface area contributed by atoms with E-state index in [4.69, 9.17) is 23.2 Å². The van der Waals surface area contributed by atoms with Gasteiger partial charge in [-0.05, 0) is 35.9 Å². The third-order valence-corrected chi connectivity index (χ3v) is 5.76. The Morgan fingerprint density at radius 2 is 1.90 bits per heavy atom. The van der Waals surface area contributed by atoms with Crippen LogP contribution in [0.5, 0.6) is 0 Å². The molecule has 0 atom stereocenters. The fraction of sp³-hybridized carbons (Fsp3) is 0.158. The molecule has 0 unspecified atom stereocenters. The lowest BCUT2D eigenvalue weighted by Gasteiger charge is -2.23. The highest BCUT2D eigenvalue weighted by molar-refractivity contribution is 7.92. The molecule has 0 saturated carbocycles. The number of hydrogen-bond acceptors (Lipinski definition) is 4. The van der Waals surface area contributed by atoms with Crippen LogP contribution >= 0.6 is 23.2 Å². The van der Waals surface area contributed by atoms with E-state index in [0.29, 0.717) is 5.02 Å². The Morgan fingerprint density at radius 1 is 1.17 bits per heavy atom. The molecule has 0 aliphatic heterocycles. The van der Waals surface area contributed by atoms with Gasteiger partial charge in [0.05, 0.1) is 23.3 Å². The number of imidazole rings is 1. The SMILES string of the molecule is CS(=O)(=O)N(CC(=O)NCc1ccc(-n2ccnc2)cc1)c1ccc(Cl)cc1Cl. The van der Waals surface area contributed by atoms with Crippen LogP contribution in [-0.2, 0) is 21.4 Å². The molecule has 3 aromatic rings. The van der Waals surface area contributed by atoms with Gasteiger partial charge in [0.1, 0.15) is 6.54 Å². The number of hydrogen-bond donors (Lipinski definition) is 1. The molecule has 0 fully saturated rings. The Morgan fingerprint density at radius 3 is 2.48 bits per heavy atom. The first-order valence-corrected chi connectivity index (χ1v) is 11.1. The average molecular weight is 453 g/mol. The number of aromatic nitrogens is 2. The van der Waals surface area contributed by atoms with Crippen molar-refractivity contribution in [1.29, 1.82) is 0 Å². The minimum absolute atomic E-state index is 0.144. The summed E-state index contributed by atoms with van der Waals surface area (Å²) in [6.07, 6.45) is 6.23. The molecule has 0 spiro atoms. The van der Waals surface area contributed by atoms with Crippen molar-refractivity contribution in [2.75, 3.05) is 17.1 Å². The molecule has 152 valence electrons. The van der Waals surface area contributed by atoms with Gasteiger partial charge in [-0.25, -0.2) is 13.4 Å². The number of nitrogens with zero attached hydrogens (tertiary/aromatic N) is 3. The van der Waals surface area contributed by atoms with E-state index in [1.165, 1.54) is 18.2 Å². The molecule has 2 aromatic carbocycles. The van der Waals surface area contributed by atoms with E-state index in [9.17, 15) is 13.2 Å². The number of nitrogens with one attached hydrogen (secondary N) is 1. The van der Waals surface area contributed by atoms with Crippen molar-refractivity contribution in [3.8, 4) is 5.69 Å². The van der Waals surface area contributed by atoms with Crippen LogP contribution < -0.4 is 9.62 Å². The third-order valence-electron chi connectivity index (χ3n) is 4.09. The van der Waals surface area contributed by atoms with Crippen LogP contribution in [0.15, 0.2) is 61.2 Å². The molecule has 1 heterocycles. The van der Waals surface area contributed by atoms with Crippen LogP contribution in [-0.4, -0.2) is 36.7 Å². The maximum atomic E-state index is 12.4. The van der Waals surface area contributed by atoms with Crippen molar-refractivity contribution in [3.05, 3.63) is 76.8 Å². The van der Waals surface area contributed by atoms with E-state index >= 15 is 0 Å². The summed E-state index contributed by atoms with van der Waals surface area (Å²) in [4.78, 5) is 16.4. The zero-order valence-corrected chi connectivity index (χ0v) is 17.7. The minimum Gasteiger partial charge on any atom is -0.350 e. The predicted octanol–water partition coefficient (Wildman–Crippen LogP) is 3.26. The Kier molecular flexibility index (Phi) is 6.46. The maximum Gasteiger partial charge on any atom is 0.241 e. The average Bonchev–Trinajstić information content (AvgIpc) is 3.19. The Labute approximate surface area is 178 Å². The number of carbonyl (C=O) groups is 1. The van der Waals surface area contributed by atoms with Crippen molar-refractivity contribution in [2.45, 2.75) is 6.54 Å². The van der Waals surface area contributed by atoms with E-state index in [2.05, 4.69) is 10.3 Å². The summed E-state index contributed by atoms with van der Waals surface area (Å²) in [5, 5.41) is 3.24. The standard InChI is InChI=1S/C19H18Cl2N4O3S/c1-29(27,28)25(18-7-4-15(20)10-17(18)21)12-19(26)23-11-14-2-5-16(6-3-14)24-9-8-22-13-24/h2-10,13H,11-12H2,1H3,(H,23,26). The van der Waals surface area contributed by atoms with Gasteiger partial charge in [-0.15, -0.1) is 0 Å². The second-order valence-electron chi connectivity index (χ2n) is 6.28. The lowest BCUT2D eigenvalue weighted by molar-refractivity contribution is -0.119. The van der Waals surface area contributed by atoms with E-state index in [0.717, 1.165) is 21.8 Å². The molecule has 1 N–H and O–H groups in total. The summed E-state index contributed by atoms with van der Waals surface area (Å²) >= 11 is 12.0. The fourth-order valence-corrected chi connectivity index (χ4v) is 4.08. The number of rotatable bonds is 7. The second-order valence-corrected chi connectivity index (χ2v) is 9.03. The first-order chi connectivity index (χ1) is 13.7. The van der Waals surface area contributed by atoms with Crippen LogP contribution in [0.2, 0.25) is 10.0 Å². The molecule has 0 aliphatic rings. The van der Waals surface area contributed by atoms with Crippen LogP contribution in [0.25, 0.3) is 5.69 Å². The molecule has 1 amide bonds. The lowest BCUT2D eigenvalue weighted by atomic mass is 10.2. The molecule has 0 radical (unpaired) electrons. The molecular weight excluding hydrogens is 435 g/mol. The van der Waals surface area contributed by atoms with Crippen LogP contribution in [0.4, 0.5) is 5.69 Å². The lowest BCUT2D eigenvalue weighted by Crippen LogP contribution is -2.40. The quantitative estimate of drug-likeness (QED) is 0.595. The summed E-state index contributed by atoms with van der Waals surface area (Å²) in [7, 11) is -3.73. The van der Waals surface area contributed by atoms with Gasteiger partial charge in [0.25, 0.3) is 0 Å². The zero-order chi connectivity index (χ0) is 21.0. The highest BCUT2D eigenvalue weighted by Gasteiger charge is 2.23. The summed E-state index contributed by atoms with van der Waals surface area (Å²) in [5.74, 6) is -0.458. The van der Waals surface area contributed by atoms with Gasteiger partial charge >= 0.3 is 0 Å². The number of sulfonamides is 1. The topological polar surface area (TPSA) is 84.3 Å². The summed E-state index contributed by atoms with van der Waals surface area (Å²) in [6, 6.07) is 12.0. The molecule has 10 heteroatoms. The molecule has 29 heavy (non-hydrogen) atoms. The highest BCUT2D eigenvalue weighted by atomic mass is 35.5. The van der Waals surface area contributed by atoms with Crippen molar-refractivity contribution in [2.24, 2.45) is 0 Å². The third kappa shape index (κ3) is 5.50. The van der Waals surface area contributed by atoms with Gasteiger partial charge in [-0.1, -0.05) is 35.3 Å². The number of carbonyl (C=O) groups excluding carboxylic acids is 1. The van der Waals surface area contributed by atoms with Gasteiger partial charge < -0.3 is 9.88 Å². The van der Waals surface area contributed by atoms with Gasteiger partial charge in [0.15, 0.2) is 0 Å². The predicted molar refractivity (Wildman–Crippen MR) is 114 cm³/mol. The first-order valence-electron chi connectivity index (χ1n) is 8.51. The molecule has 1 aromatic heterocycles. The molecular formula is C19H18Cl2N4O3S. The van der Waals surface area contributed by atoms with Crippen molar-refractivity contribution in [3.63, 3.8) is 0 Å². The van der Waals surface area contributed by atoms with E-state index in [-0.39, 0.29) is 17.3 Å². The first kappa shape index (κ1) is 21.2. The molecule has 0 saturated heterocycles. The monoisotopic (exact) mass is 452 g/mol. The van der Waals surface area contributed by atoms with E-state index < -0.39 is 22.5 Å². The van der Waals surface area contributed by atoms with Gasteiger partial charge in [0.2, 0.25) is 15.9 Å². The largest absolute Gasteiger partial charge is 0.350 e. The van der Waals surface area contributed by atoms with E-state index in [1.54, 1.807) is 12.5 Å². The normalized spacial score (nSPS) is 11.3. The van der Waals surface area contributed by atoms with Crippen molar-refractivity contribution in [1.82, 2.24) is 14.9 Å². The summed E-state index contributed by atoms with van der Waals surface area (Å²) < 4.78 is 27.2. The smallest absolute Gasteiger partial charge is 0.241 e. The van der Waals surface area contributed by atoms with E-state index in [1.807, 2.05) is 35.0 Å². The fourth-order valence-electron chi connectivity index (χ4n) is 2.65.